The van der Waals surface area contributed by atoms with Gasteiger partial charge in [-0.25, -0.2) is 9.18 Å². The third-order valence-electron chi connectivity index (χ3n) is 5.31. The monoisotopic (exact) mass is 376 g/mol. The van der Waals surface area contributed by atoms with Gasteiger partial charge in [0.25, 0.3) is 11.8 Å². The molecule has 1 spiro atoms. The van der Waals surface area contributed by atoms with Gasteiger partial charge in [-0.15, -0.1) is 0 Å². The molecule has 8 heteroatoms. The predicted octanol–water partition coefficient (Wildman–Crippen LogP) is 1.79. The first kappa shape index (κ1) is 19.3. The minimum absolute atomic E-state index is 0.00152. The first-order valence-electron chi connectivity index (χ1n) is 9.18. The lowest BCUT2D eigenvalue weighted by molar-refractivity contribution is -0.140. The quantitative estimate of drug-likeness (QED) is 0.768. The molecule has 27 heavy (non-hydrogen) atoms. The van der Waals surface area contributed by atoms with Gasteiger partial charge in [0.05, 0.1) is 6.54 Å². The fourth-order valence-corrected chi connectivity index (χ4v) is 3.68. The molecule has 0 bridgehead atoms. The summed E-state index contributed by atoms with van der Waals surface area (Å²) in [5.41, 5.74) is 2.40. The summed E-state index contributed by atoms with van der Waals surface area (Å²) in [6.07, 6.45) is 2.92. The number of halogens is 1. The molecule has 3 rings (SSSR count). The van der Waals surface area contributed by atoms with Crippen molar-refractivity contribution in [1.82, 2.24) is 20.7 Å². The van der Waals surface area contributed by atoms with Crippen LogP contribution in [0.15, 0.2) is 24.3 Å². The van der Waals surface area contributed by atoms with Crippen LogP contribution >= 0.6 is 0 Å². The van der Waals surface area contributed by atoms with Crippen molar-refractivity contribution in [2.75, 3.05) is 13.6 Å². The maximum absolute atomic E-state index is 13.0. The summed E-state index contributed by atoms with van der Waals surface area (Å²) in [7, 11) is 1.73. The number of likely N-dealkylation sites (N-methyl/N-ethyl adjacent to an activating group) is 1. The van der Waals surface area contributed by atoms with Crippen LogP contribution in [0.5, 0.6) is 0 Å². The van der Waals surface area contributed by atoms with Gasteiger partial charge in [-0.05, 0) is 56.3 Å². The number of amides is 4. The molecular formula is C19H25FN4O3. The molecule has 1 aromatic carbocycles. The van der Waals surface area contributed by atoms with Crippen molar-refractivity contribution in [3.05, 3.63) is 35.6 Å². The van der Waals surface area contributed by atoms with E-state index in [0.29, 0.717) is 25.3 Å². The lowest BCUT2D eigenvalue weighted by atomic mass is 9.77. The molecule has 7 nitrogen and oxygen atoms in total. The molecule has 1 saturated carbocycles. The molecule has 1 aromatic rings. The van der Waals surface area contributed by atoms with E-state index in [1.807, 2.05) is 0 Å². The number of carbonyl (C=O) groups is 3. The number of urea groups is 1. The third-order valence-corrected chi connectivity index (χ3v) is 5.31. The molecule has 1 aliphatic carbocycles. The molecule has 0 atom stereocenters. The number of carbonyl (C=O) groups excluding carboxylic acids is 3. The zero-order valence-corrected chi connectivity index (χ0v) is 15.6. The molecule has 0 aromatic heterocycles. The smallest absolute Gasteiger partial charge is 0.322 e. The average Bonchev–Trinajstić information content (AvgIpc) is 2.84. The zero-order valence-electron chi connectivity index (χ0n) is 15.6. The van der Waals surface area contributed by atoms with Crippen molar-refractivity contribution >= 4 is 17.8 Å². The molecule has 2 aliphatic rings. The Balaban J connectivity index is 1.55. The Morgan fingerprint density at radius 2 is 1.93 bits per heavy atom. The highest BCUT2D eigenvalue weighted by Crippen LogP contribution is 2.35. The van der Waals surface area contributed by atoms with Crippen molar-refractivity contribution in [2.45, 2.75) is 44.7 Å². The molecule has 146 valence electrons. The maximum Gasteiger partial charge on any atom is 0.344 e. The largest absolute Gasteiger partial charge is 0.344 e. The summed E-state index contributed by atoms with van der Waals surface area (Å²) in [6.45, 7) is 2.57. The summed E-state index contributed by atoms with van der Waals surface area (Å²) >= 11 is 0. The van der Waals surface area contributed by atoms with Crippen molar-refractivity contribution in [3.63, 3.8) is 0 Å². The molecule has 0 unspecified atom stereocenters. The number of rotatable bonds is 5. The van der Waals surface area contributed by atoms with Crippen LogP contribution in [0.25, 0.3) is 0 Å². The molecule has 1 saturated heterocycles. The summed E-state index contributed by atoms with van der Waals surface area (Å²) in [4.78, 5) is 38.9. The van der Waals surface area contributed by atoms with Crippen LogP contribution in [0.4, 0.5) is 9.18 Å². The minimum atomic E-state index is -0.878. The number of imide groups is 1. The summed E-state index contributed by atoms with van der Waals surface area (Å²) in [5, 5.41) is 3.58. The number of hydrogen-bond acceptors (Lipinski definition) is 4. The van der Waals surface area contributed by atoms with E-state index in [4.69, 9.17) is 0 Å². The second-order valence-corrected chi connectivity index (χ2v) is 7.67. The summed E-state index contributed by atoms with van der Waals surface area (Å²) in [6, 6.07) is 5.44. The Morgan fingerprint density at radius 1 is 1.30 bits per heavy atom. The highest BCUT2D eigenvalue weighted by atomic mass is 19.1. The van der Waals surface area contributed by atoms with Crippen LogP contribution in [-0.4, -0.2) is 46.9 Å². The maximum atomic E-state index is 13.0. The summed E-state index contributed by atoms with van der Waals surface area (Å²) in [5.74, 6) is -0.619. The van der Waals surface area contributed by atoms with Gasteiger partial charge >= 0.3 is 6.03 Å². The van der Waals surface area contributed by atoms with Crippen LogP contribution in [0.2, 0.25) is 0 Å². The highest BCUT2D eigenvalue weighted by Gasteiger charge is 2.52. The summed E-state index contributed by atoms with van der Waals surface area (Å²) < 4.78 is 13.0. The van der Waals surface area contributed by atoms with Crippen LogP contribution in [0, 0.1) is 11.7 Å². The number of hydrogen-bond donors (Lipinski definition) is 2. The van der Waals surface area contributed by atoms with E-state index in [1.54, 1.807) is 24.1 Å². The average molecular weight is 376 g/mol. The Labute approximate surface area is 157 Å². The topological polar surface area (TPSA) is 81.8 Å². The predicted molar refractivity (Wildman–Crippen MR) is 96.6 cm³/mol. The van der Waals surface area contributed by atoms with Crippen molar-refractivity contribution in [3.8, 4) is 0 Å². The van der Waals surface area contributed by atoms with Crippen molar-refractivity contribution in [2.24, 2.45) is 5.92 Å². The van der Waals surface area contributed by atoms with Gasteiger partial charge in [0.15, 0.2) is 0 Å². The van der Waals surface area contributed by atoms with E-state index in [9.17, 15) is 18.8 Å². The van der Waals surface area contributed by atoms with E-state index >= 15 is 0 Å². The van der Waals surface area contributed by atoms with Gasteiger partial charge in [0.2, 0.25) is 0 Å². The molecule has 2 N–H and O–H groups in total. The van der Waals surface area contributed by atoms with E-state index in [2.05, 4.69) is 17.7 Å². The fourth-order valence-electron chi connectivity index (χ4n) is 3.68. The highest BCUT2D eigenvalue weighted by molar-refractivity contribution is 6.08. The number of benzene rings is 1. The normalized spacial score (nSPS) is 25.2. The van der Waals surface area contributed by atoms with E-state index in [0.717, 1.165) is 23.4 Å². The Bertz CT molecular complexity index is 729. The van der Waals surface area contributed by atoms with Gasteiger partial charge in [0.1, 0.15) is 11.4 Å². The van der Waals surface area contributed by atoms with E-state index in [-0.39, 0.29) is 18.3 Å². The molecule has 2 fully saturated rings. The first-order chi connectivity index (χ1) is 12.8. The second-order valence-electron chi connectivity index (χ2n) is 7.67. The SMILES string of the molecule is CC1CCC2(CC1)NC(=O)N(NC(=O)CN(C)Cc1ccc(F)cc1)C2=O. The zero-order chi connectivity index (χ0) is 19.6. The third kappa shape index (κ3) is 4.27. The molecule has 1 heterocycles. The number of nitrogens with one attached hydrogen (secondary N) is 2. The first-order valence-corrected chi connectivity index (χ1v) is 9.18. The van der Waals surface area contributed by atoms with Crippen molar-refractivity contribution < 1.29 is 18.8 Å². The van der Waals surface area contributed by atoms with E-state index < -0.39 is 17.5 Å². The molecule has 1 aliphatic heterocycles. The lowest BCUT2D eigenvalue weighted by Crippen LogP contribution is -2.52. The Morgan fingerprint density at radius 3 is 2.56 bits per heavy atom. The van der Waals surface area contributed by atoms with Gasteiger partial charge in [-0.1, -0.05) is 19.1 Å². The van der Waals surface area contributed by atoms with Gasteiger partial charge in [-0.3, -0.25) is 19.9 Å². The number of hydrazine groups is 1. The second kappa shape index (κ2) is 7.64. The minimum Gasteiger partial charge on any atom is -0.322 e. The van der Waals surface area contributed by atoms with Crippen LogP contribution in [-0.2, 0) is 16.1 Å². The lowest BCUT2D eigenvalue weighted by Gasteiger charge is -2.33. The van der Waals surface area contributed by atoms with Crippen molar-refractivity contribution in [1.29, 1.82) is 0 Å². The Kier molecular flexibility index (Phi) is 5.46. The van der Waals surface area contributed by atoms with Gasteiger partial charge < -0.3 is 5.32 Å². The van der Waals surface area contributed by atoms with Crippen LogP contribution in [0.1, 0.15) is 38.2 Å². The molecule has 4 amide bonds. The van der Waals surface area contributed by atoms with Crippen LogP contribution < -0.4 is 10.7 Å². The Hall–Kier alpha value is -2.48. The van der Waals surface area contributed by atoms with Gasteiger partial charge in [-0.2, -0.15) is 5.01 Å². The van der Waals surface area contributed by atoms with Gasteiger partial charge in [0, 0.05) is 6.54 Å². The fraction of sp³-hybridized carbons (Fsp3) is 0.526. The number of nitrogens with zero attached hydrogens (tertiary/aromatic N) is 2. The van der Waals surface area contributed by atoms with E-state index in [1.165, 1.54) is 12.1 Å². The van der Waals surface area contributed by atoms with Crippen LogP contribution in [0.3, 0.4) is 0 Å². The molecule has 0 radical (unpaired) electrons. The standard InChI is InChI=1S/C19H25FN4O3/c1-13-7-9-19(10-8-13)17(26)24(18(27)21-19)22-16(25)12-23(2)11-14-3-5-15(20)6-4-14/h3-6,13H,7-12H2,1-2H3,(H,21,27)(H,22,25). The molecular weight excluding hydrogens is 351 g/mol.